The van der Waals surface area contributed by atoms with Crippen molar-refractivity contribution in [3.8, 4) is 0 Å². The highest BCUT2D eigenvalue weighted by molar-refractivity contribution is 7.99. The van der Waals surface area contributed by atoms with Gasteiger partial charge in [-0.05, 0) is 52.2 Å². The molecule has 2 heterocycles. The van der Waals surface area contributed by atoms with Gasteiger partial charge in [0.1, 0.15) is 11.0 Å². The summed E-state index contributed by atoms with van der Waals surface area (Å²) in [7, 11) is 0. The predicted octanol–water partition coefficient (Wildman–Crippen LogP) is 2.91. The minimum Gasteiger partial charge on any atom is -0.353 e. The van der Waals surface area contributed by atoms with Gasteiger partial charge in [0.25, 0.3) is 0 Å². The third kappa shape index (κ3) is 8.30. The number of aromatic nitrogens is 2. The number of rotatable bonds is 12. The number of piperazine rings is 1. The van der Waals surface area contributed by atoms with Crippen LogP contribution in [0.25, 0.3) is 0 Å². The lowest BCUT2D eigenvalue weighted by molar-refractivity contribution is -0.132. The Bertz CT molecular complexity index is 797. The Balaban J connectivity index is 1.43. The standard InChI is InChI=1S/C23H37ClN6O2S/c1-4-28(5-2)10-6-7-17(3)25-21(31)16-33-23-26-19(24)15-20(27-23)29-11-13-30(14-12-29)22(32)18-8-9-18/h15,17-18H,4-14,16H2,1-3H3,(H,25,31). The highest BCUT2D eigenvalue weighted by atomic mass is 35.5. The Hall–Kier alpha value is -1.58. The van der Waals surface area contributed by atoms with Crippen LogP contribution >= 0.6 is 23.4 Å². The van der Waals surface area contributed by atoms with Gasteiger partial charge in [-0.15, -0.1) is 0 Å². The van der Waals surface area contributed by atoms with Crippen molar-refractivity contribution in [2.75, 3.05) is 56.5 Å². The largest absolute Gasteiger partial charge is 0.353 e. The third-order valence-corrected chi connectivity index (χ3v) is 7.29. The van der Waals surface area contributed by atoms with Crippen LogP contribution in [-0.2, 0) is 9.59 Å². The predicted molar refractivity (Wildman–Crippen MR) is 134 cm³/mol. The van der Waals surface area contributed by atoms with E-state index in [-0.39, 0.29) is 23.6 Å². The summed E-state index contributed by atoms with van der Waals surface area (Å²) in [5.41, 5.74) is 0. The van der Waals surface area contributed by atoms with Crippen molar-refractivity contribution in [2.24, 2.45) is 5.92 Å². The van der Waals surface area contributed by atoms with E-state index in [0.29, 0.717) is 29.3 Å². The fourth-order valence-electron chi connectivity index (χ4n) is 4.04. The fourth-order valence-corrected chi connectivity index (χ4v) is 4.93. The molecule has 1 atom stereocenters. The quantitative estimate of drug-likeness (QED) is 0.270. The Labute approximate surface area is 206 Å². The van der Waals surface area contributed by atoms with Crippen molar-refractivity contribution < 1.29 is 9.59 Å². The number of nitrogens with zero attached hydrogens (tertiary/aromatic N) is 5. The van der Waals surface area contributed by atoms with Crippen LogP contribution in [0, 0.1) is 5.92 Å². The van der Waals surface area contributed by atoms with Gasteiger partial charge in [0, 0.05) is 44.2 Å². The van der Waals surface area contributed by atoms with E-state index in [1.165, 1.54) is 11.8 Å². The fraction of sp³-hybridized carbons (Fsp3) is 0.739. The molecule has 3 rings (SSSR count). The van der Waals surface area contributed by atoms with E-state index in [1.807, 2.05) is 11.8 Å². The molecule has 2 amide bonds. The van der Waals surface area contributed by atoms with Crippen LogP contribution in [0.5, 0.6) is 0 Å². The first-order valence-corrected chi connectivity index (χ1v) is 13.5. The van der Waals surface area contributed by atoms with Crippen LogP contribution in [0.3, 0.4) is 0 Å². The number of amides is 2. The molecule has 10 heteroatoms. The van der Waals surface area contributed by atoms with Crippen LogP contribution in [0.15, 0.2) is 11.2 Å². The van der Waals surface area contributed by atoms with E-state index in [9.17, 15) is 9.59 Å². The van der Waals surface area contributed by atoms with E-state index < -0.39 is 0 Å². The minimum absolute atomic E-state index is 0.0207. The molecule has 1 aromatic rings. The summed E-state index contributed by atoms with van der Waals surface area (Å²) in [5.74, 6) is 1.53. The van der Waals surface area contributed by atoms with Crippen LogP contribution in [0.2, 0.25) is 5.15 Å². The van der Waals surface area contributed by atoms with Gasteiger partial charge in [0.2, 0.25) is 11.8 Å². The number of carbonyl (C=O) groups is 2. The molecule has 1 unspecified atom stereocenters. The first-order chi connectivity index (χ1) is 15.9. The van der Waals surface area contributed by atoms with E-state index in [0.717, 1.165) is 64.2 Å². The maximum Gasteiger partial charge on any atom is 0.230 e. The van der Waals surface area contributed by atoms with E-state index in [2.05, 4.69) is 38.9 Å². The third-order valence-electron chi connectivity index (χ3n) is 6.25. The van der Waals surface area contributed by atoms with Crippen molar-refractivity contribution in [1.82, 2.24) is 25.1 Å². The van der Waals surface area contributed by atoms with Crippen molar-refractivity contribution in [3.05, 3.63) is 11.2 Å². The summed E-state index contributed by atoms with van der Waals surface area (Å²) in [6, 6.07) is 1.89. The van der Waals surface area contributed by atoms with E-state index in [4.69, 9.17) is 11.6 Å². The summed E-state index contributed by atoms with van der Waals surface area (Å²) < 4.78 is 0. The maximum atomic E-state index is 12.4. The summed E-state index contributed by atoms with van der Waals surface area (Å²) >= 11 is 7.54. The second-order valence-electron chi connectivity index (χ2n) is 8.84. The average molecular weight is 497 g/mol. The summed E-state index contributed by atoms with van der Waals surface area (Å²) in [6.45, 7) is 12.4. The molecule has 0 aromatic carbocycles. The number of anilines is 1. The molecule has 0 bridgehead atoms. The second-order valence-corrected chi connectivity index (χ2v) is 10.2. The van der Waals surface area contributed by atoms with Crippen LogP contribution in [0.1, 0.15) is 46.5 Å². The molecule has 1 saturated carbocycles. The highest BCUT2D eigenvalue weighted by Gasteiger charge is 2.34. The molecular weight excluding hydrogens is 460 g/mol. The van der Waals surface area contributed by atoms with E-state index >= 15 is 0 Å². The summed E-state index contributed by atoms with van der Waals surface area (Å²) in [6.07, 6.45) is 4.09. The average Bonchev–Trinajstić information content (AvgIpc) is 3.65. The van der Waals surface area contributed by atoms with Gasteiger partial charge < -0.3 is 20.0 Å². The molecule has 1 N–H and O–H groups in total. The lowest BCUT2D eigenvalue weighted by Crippen LogP contribution is -2.49. The lowest BCUT2D eigenvalue weighted by atomic mass is 10.2. The SMILES string of the molecule is CCN(CC)CCCC(C)NC(=O)CSc1nc(Cl)cc(N2CCN(C(=O)C3CC3)CC2)n1. The summed E-state index contributed by atoms with van der Waals surface area (Å²) in [4.78, 5) is 40.0. The molecular formula is C23H37ClN6O2S. The van der Waals surface area contributed by atoms with Gasteiger partial charge >= 0.3 is 0 Å². The lowest BCUT2D eigenvalue weighted by Gasteiger charge is -2.35. The van der Waals surface area contributed by atoms with Crippen LogP contribution in [-0.4, -0.2) is 89.2 Å². The Morgan fingerprint density at radius 2 is 1.91 bits per heavy atom. The van der Waals surface area contributed by atoms with Gasteiger partial charge in [-0.2, -0.15) is 0 Å². The van der Waals surface area contributed by atoms with Crippen LogP contribution in [0.4, 0.5) is 5.82 Å². The zero-order chi connectivity index (χ0) is 23.8. The van der Waals surface area contributed by atoms with Crippen LogP contribution < -0.4 is 10.2 Å². The van der Waals surface area contributed by atoms with Gasteiger partial charge in [-0.25, -0.2) is 9.97 Å². The Morgan fingerprint density at radius 1 is 1.21 bits per heavy atom. The van der Waals surface area contributed by atoms with Crippen molar-refractivity contribution in [1.29, 1.82) is 0 Å². The molecule has 2 aliphatic rings. The molecule has 2 fully saturated rings. The van der Waals surface area contributed by atoms with Crippen molar-refractivity contribution in [2.45, 2.75) is 57.7 Å². The smallest absolute Gasteiger partial charge is 0.230 e. The topological polar surface area (TPSA) is 81.7 Å². The Kier molecular flexibility index (Phi) is 10.1. The molecule has 1 saturated heterocycles. The zero-order valence-corrected chi connectivity index (χ0v) is 21.6. The summed E-state index contributed by atoms with van der Waals surface area (Å²) in [5, 5.41) is 3.93. The van der Waals surface area contributed by atoms with Gasteiger partial charge in [-0.3, -0.25) is 9.59 Å². The molecule has 0 radical (unpaired) electrons. The molecule has 1 aromatic heterocycles. The van der Waals surface area contributed by atoms with Gasteiger partial charge in [0.15, 0.2) is 5.16 Å². The molecule has 1 aliphatic carbocycles. The number of hydrogen-bond acceptors (Lipinski definition) is 7. The molecule has 0 spiro atoms. The number of halogens is 1. The first kappa shape index (κ1) is 26.0. The maximum absolute atomic E-state index is 12.4. The minimum atomic E-state index is -0.0207. The molecule has 184 valence electrons. The first-order valence-electron chi connectivity index (χ1n) is 12.1. The van der Waals surface area contributed by atoms with Gasteiger partial charge in [0.05, 0.1) is 5.75 Å². The van der Waals surface area contributed by atoms with Crippen molar-refractivity contribution >= 4 is 41.0 Å². The Morgan fingerprint density at radius 3 is 2.55 bits per heavy atom. The number of hydrogen-bond donors (Lipinski definition) is 1. The normalized spacial score (nSPS) is 17.4. The molecule has 8 nitrogen and oxygen atoms in total. The number of nitrogens with one attached hydrogen (secondary N) is 1. The molecule has 1 aliphatic heterocycles. The molecule has 33 heavy (non-hydrogen) atoms. The monoisotopic (exact) mass is 496 g/mol. The zero-order valence-electron chi connectivity index (χ0n) is 20.1. The van der Waals surface area contributed by atoms with E-state index in [1.54, 1.807) is 6.07 Å². The number of thioether (sulfide) groups is 1. The number of carbonyl (C=O) groups excluding carboxylic acids is 2. The van der Waals surface area contributed by atoms with Crippen molar-refractivity contribution in [3.63, 3.8) is 0 Å². The van der Waals surface area contributed by atoms with Gasteiger partial charge in [-0.1, -0.05) is 37.2 Å². The highest BCUT2D eigenvalue weighted by Crippen LogP contribution is 2.31. The second kappa shape index (κ2) is 12.8.